The van der Waals surface area contributed by atoms with E-state index in [9.17, 15) is 10.1 Å². The molecule has 2 fully saturated rings. The van der Waals surface area contributed by atoms with E-state index in [1.165, 1.54) is 20.0 Å². The number of hydrogen-bond acceptors (Lipinski definition) is 8. The van der Waals surface area contributed by atoms with Gasteiger partial charge >= 0.3 is 0 Å². The van der Waals surface area contributed by atoms with Crippen LogP contribution in [-0.2, 0) is 4.74 Å². The Morgan fingerprint density at radius 1 is 1.14 bits per heavy atom. The molecule has 5 rings (SSSR count). The van der Waals surface area contributed by atoms with Crippen LogP contribution in [0.15, 0.2) is 48.7 Å². The molecule has 0 spiro atoms. The Kier molecular flexibility index (Phi) is 6.69. The number of carbonyl (C=O) groups is 1. The van der Waals surface area contributed by atoms with Crippen molar-refractivity contribution >= 4 is 17.5 Å². The van der Waals surface area contributed by atoms with Crippen LogP contribution in [0, 0.1) is 17.2 Å². The molecule has 0 unspecified atom stereocenters. The molecule has 1 aromatic heterocycles. The van der Waals surface area contributed by atoms with Gasteiger partial charge in [0.25, 0.3) is 5.91 Å². The Balaban J connectivity index is 1.31. The molecule has 9 nitrogen and oxygen atoms in total. The summed E-state index contributed by atoms with van der Waals surface area (Å²) in [6, 6.07) is 14.8. The highest BCUT2D eigenvalue weighted by atomic mass is 16.5. The average Bonchev–Trinajstić information content (AvgIpc) is 3.71. The molecule has 1 aliphatic carbocycles. The summed E-state index contributed by atoms with van der Waals surface area (Å²) in [6.45, 7) is 1.79. The maximum atomic E-state index is 12.8. The summed E-state index contributed by atoms with van der Waals surface area (Å²) in [5.74, 6) is 1.95. The lowest BCUT2D eigenvalue weighted by Gasteiger charge is -2.38. The summed E-state index contributed by atoms with van der Waals surface area (Å²) in [5, 5.41) is 12.8. The third-order valence-corrected chi connectivity index (χ3v) is 6.38. The van der Waals surface area contributed by atoms with Crippen LogP contribution < -0.4 is 14.8 Å². The minimum Gasteiger partial charge on any atom is -0.496 e. The smallest absolute Gasteiger partial charge is 0.257 e. The molecule has 0 radical (unpaired) electrons. The minimum atomic E-state index is -0.0946. The number of hydrogen-bond donors (Lipinski definition) is 1. The molecule has 36 heavy (non-hydrogen) atoms. The first kappa shape index (κ1) is 23.6. The second-order valence-electron chi connectivity index (χ2n) is 8.95. The fourth-order valence-electron chi connectivity index (χ4n) is 3.97. The van der Waals surface area contributed by atoms with Gasteiger partial charge in [-0.1, -0.05) is 0 Å². The number of carbonyl (C=O) groups excluding carboxylic acids is 1. The van der Waals surface area contributed by atoms with Crippen molar-refractivity contribution in [3.8, 4) is 28.8 Å². The molecule has 0 bridgehead atoms. The Morgan fingerprint density at radius 3 is 2.69 bits per heavy atom. The van der Waals surface area contributed by atoms with Gasteiger partial charge in [0.1, 0.15) is 17.6 Å². The van der Waals surface area contributed by atoms with E-state index in [-0.39, 0.29) is 12.0 Å². The van der Waals surface area contributed by atoms with E-state index < -0.39 is 0 Å². The van der Waals surface area contributed by atoms with E-state index in [2.05, 4.69) is 21.4 Å². The highest BCUT2D eigenvalue weighted by molar-refractivity contribution is 5.98. The molecular weight excluding hydrogens is 458 g/mol. The van der Waals surface area contributed by atoms with Gasteiger partial charge in [0.2, 0.25) is 5.95 Å². The summed E-state index contributed by atoms with van der Waals surface area (Å²) in [4.78, 5) is 23.5. The molecule has 1 N–H and O–H groups in total. The van der Waals surface area contributed by atoms with E-state index in [1.807, 2.05) is 12.1 Å². The molecule has 2 aliphatic rings. The highest BCUT2D eigenvalue weighted by Gasteiger charge is 2.32. The molecule has 1 saturated carbocycles. The second-order valence-corrected chi connectivity index (χ2v) is 8.95. The average molecular weight is 486 g/mol. The van der Waals surface area contributed by atoms with E-state index in [0.29, 0.717) is 65.6 Å². The minimum absolute atomic E-state index is 0.0843. The lowest BCUT2D eigenvalue weighted by molar-refractivity contribution is -0.0193. The van der Waals surface area contributed by atoms with Crippen LogP contribution in [0.25, 0.3) is 11.3 Å². The van der Waals surface area contributed by atoms with Gasteiger partial charge in [0.05, 0.1) is 36.6 Å². The second kappa shape index (κ2) is 10.2. The van der Waals surface area contributed by atoms with Crippen molar-refractivity contribution in [1.82, 2.24) is 14.9 Å². The zero-order valence-corrected chi connectivity index (χ0v) is 20.2. The van der Waals surface area contributed by atoms with E-state index in [1.54, 1.807) is 48.5 Å². The number of nitriles is 1. The molecule has 1 aliphatic heterocycles. The molecule has 1 amide bonds. The van der Waals surface area contributed by atoms with Crippen LogP contribution in [0.5, 0.6) is 11.5 Å². The van der Waals surface area contributed by atoms with Gasteiger partial charge in [-0.2, -0.15) is 5.26 Å². The van der Waals surface area contributed by atoms with Gasteiger partial charge in [-0.3, -0.25) is 4.79 Å². The topological polar surface area (TPSA) is 110 Å². The number of nitrogens with one attached hydrogen (secondary N) is 1. The van der Waals surface area contributed by atoms with Gasteiger partial charge in [0.15, 0.2) is 0 Å². The summed E-state index contributed by atoms with van der Waals surface area (Å²) in [7, 11) is 3.18. The van der Waals surface area contributed by atoms with Crippen molar-refractivity contribution in [2.24, 2.45) is 5.92 Å². The van der Waals surface area contributed by atoms with Crippen LogP contribution in [0.3, 0.4) is 0 Å². The lowest BCUT2D eigenvalue weighted by atomic mass is 10.1. The first-order chi connectivity index (χ1) is 17.6. The Hall–Kier alpha value is -4.16. The third kappa shape index (κ3) is 5.09. The van der Waals surface area contributed by atoms with Crippen LogP contribution in [0.4, 0.5) is 11.6 Å². The fraction of sp³-hybridized carbons (Fsp3) is 0.333. The van der Waals surface area contributed by atoms with Crippen molar-refractivity contribution in [1.29, 1.82) is 5.26 Å². The van der Waals surface area contributed by atoms with Crippen molar-refractivity contribution < 1.29 is 19.0 Å². The number of anilines is 2. The lowest BCUT2D eigenvalue weighted by Crippen LogP contribution is -2.54. The number of likely N-dealkylation sites (tertiary alicyclic amines) is 1. The zero-order valence-electron chi connectivity index (χ0n) is 20.2. The first-order valence-electron chi connectivity index (χ1n) is 11.9. The SMILES string of the molecule is COc1cc(Nc2nccc(-c3ccc(OCC4CC4)c(C#N)c3)n2)ccc1C(=O)N1CC(OC)C1. The standard InChI is InChI=1S/C27H27N5O4/c1-34-21-14-32(15-21)26(33)22-7-6-20(12-25(22)35-2)30-27-29-10-9-23(31-27)18-5-8-24(19(11-18)13-28)36-16-17-3-4-17/h5-12,17,21H,3-4,14-16H2,1-2H3,(H,29,30,31). The molecule has 184 valence electrons. The van der Waals surface area contributed by atoms with Gasteiger partial charge in [-0.25, -0.2) is 9.97 Å². The van der Waals surface area contributed by atoms with E-state index in [0.717, 1.165) is 5.56 Å². The molecule has 3 aromatic rings. The van der Waals surface area contributed by atoms with Gasteiger partial charge in [-0.05, 0) is 55.2 Å². The van der Waals surface area contributed by atoms with E-state index >= 15 is 0 Å². The largest absolute Gasteiger partial charge is 0.496 e. The summed E-state index contributed by atoms with van der Waals surface area (Å²) >= 11 is 0. The molecule has 9 heteroatoms. The number of aromatic nitrogens is 2. The Morgan fingerprint density at radius 2 is 1.97 bits per heavy atom. The van der Waals surface area contributed by atoms with Crippen LogP contribution in [-0.4, -0.2) is 60.8 Å². The van der Waals surface area contributed by atoms with Crippen molar-refractivity contribution in [3.63, 3.8) is 0 Å². The predicted molar refractivity (Wildman–Crippen MR) is 133 cm³/mol. The number of ether oxygens (including phenoxy) is 3. The van der Waals surface area contributed by atoms with E-state index in [4.69, 9.17) is 14.2 Å². The summed E-state index contributed by atoms with van der Waals surface area (Å²) in [5.41, 5.74) is 3.10. The fourth-order valence-corrected chi connectivity index (χ4v) is 3.97. The number of rotatable bonds is 9. The zero-order chi connectivity index (χ0) is 25.1. The van der Waals surface area contributed by atoms with Crippen molar-refractivity contribution in [3.05, 3.63) is 59.8 Å². The quantitative estimate of drug-likeness (QED) is 0.484. The van der Waals surface area contributed by atoms with Gasteiger partial charge in [-0.15, -0.1) is 0 Å². The molecule has 2 aromatic carbocycles. The van der Waals surface area contributed by atoms with Crippen LogP contribution in [0.1, 0.15) is 28.8 Å². The maximum Gasteiger partial charge on any atom is 0.257 e. The van der Waals surface area contributed by atoms with Gasteiger partial charge < -0.3 is 24.4 Å². The number of benzene rings is 2. The maximum absolute atomic E-state index is 12.8. The van der Waals surface area contributed by atoms with Crippen LogP contribution in [0.2, 0.25) is 0 Å². The van der Waals surface area contributed by atoms with Crippen molar-refractivity contribution in [2.45, 2.75) is 18.9 Å². The monoisotopic (exact) mass is 485 g/mol. The number of methoxy groups -OCH3 is 2. The van der Waals surface area contributed by atoms with Crippen molar-refractivity contribution in [2.75, 3.05) is 39.2 Å². The molecule has 1 saturated heterocycles. The van der Waals surface area contributed by atoms with Crippen LogP contribution >= 0.6 is 0 Å². The Labute approximate surface area is 209 Å². The third-order valence-electron chi connectivity index (χ3n) is 6.38. The normalized spacial score (nSPS) is 15.1. The summed E-state index contributed by atoms with van der Waals surface area (Å²) < 4.78 is 16.6. The molecule has 2 heterocycles. The summed E-state index contributed by atoms with van der Waals surface area (Å²) in [6.07, 6.45) is 4.12. The number of amides is 1. The van der Waals surface area contributed by atoms with Gasteiger partial charge in [0, 0.05) is 43.7 Å². The molecule has 0 atom stereocenters. The first-order valence-corrected chi connectivity index (χ1v) is 11.9. The molecular formula is C27H27N5O4. The predicted octanol–water partition coefficient (Wildman–Crippen LogP) is 4.03. The Bertz CT molecular complexity index is 1310. The highest BCUT2D eigenvalue weighted by Crippen LogP contribution is 2.32. The number of nitrogens with zero attached hydrogens (tertiary/aromatic N) is 4.